The van der Waals surface area contributed by atoms with E-state index in [0.29, 0.717) is 17.2 Å². The maximum absolute atomic E-state index is 12.3. The van der Waals surface area contributed by atoms with Crippen molar-refractivity contribution in [3.05, 3.63) is 23.8 Å². The second-order valence-corrected chi connectivity index (χ2v) is 6.23. The fraction of sp³-hybridized carbons (Fsp3) is 0.385. The Morgan fingerprint density at radius 2 is 2.14 bits per heavy atom. The number of thioether (sulfide) groups is 1. The van der Waals surface area contributed by atoms with E-state index in [1.165, 1.54) is 23.9 Å². The van der Waals surface area contributed by atoms with Gasteiger partial charge in [-0.2, -0.15) is 13.2 Å². The first-order valence-corrected chi connectivity index (χ1v) is 7.36. The van der Waals surface area contributed by atoms with Crippen LogP contribution in [0.15, 0.2) is 23.2 Å². The summed E-state index contributed by atoms with van der Waals surface area (Å²) in [7, 11) is 5.73. The van der Waals surface area contributed by atoms with Crippen molar-refractivity contribution in [1.82, 2.24) is 0 Å². The molecule has 1 aliphatic rings. The van der Waals surface area contributed by atoms with Gasteiger partial charge in [0.25, 0.3) is 0 Å². The van der Waals surface area contributed by atoms with E-state index >= 15 is 0 Å². The number of aliphatic imine (C=N–C) groups is 1. The summed E-state index contributed by atoms with van der Waals surface area (Å²) in [5, 5.41) is 2.22. The molecule has 22 heavy (non-hydrogen) atoms. The molecule has 0 saturated heterocycles. The first kappa shape index (κ1) is 16.7. The lowest BCUT2D eigenvalue weighted by molar-refractivity contribution is -0.167. The first-order valence-electron chi connectivity index (χ1n) is 6.37. The van der Waals surface area contributed by atoms with Crippen LogP contribution in [0.5, 0.6) is 0 Å². The van der Waals surface area contributed by atoms with E-state index in [1.807, 2.05) is 6.92 Å². The van der Waals surface area contributed by atoms with E-state index in [2.05, 4.69) is 4.99 Å². The number of carbonyl (C=O) groups excluding carboxylic acids is 1. The molecule has 1 amide bonds. The van der Waals surface area contributed by atoms with Gasteiger partial charge in [0.2, 0.25) is 0 Å². The number of amides is 1. The Morgan fingerprint density at radius 1 is 1.45 bits per heavy atom. The number of benzene rings is 1. The lowest BCUT2D eigenvalue weighted by atomic mass is 9.84. The largest absolute Gasteiger partial charge is 0.471 e. The van der Waals surface area contributed by atoms with Gasteiger partial charge in [-0.15, -0.1) is 0 Å². The quantitative estimate of drug-likeness (QED) is 0.812. The number of nitrogens with zero attached hydrogens (tertiary/aromatic N) is 1. The molecule has 1 atom stereocenters. The number of nitrogens with two attached hydrogens (primary N) is 1. The summed E-state index contributed by atoms with van der Waals surface area (Å²) in [4.78, 5) is 15.4. The normalized spacial score (nSPS) is 22.1. The minimum atomic E-state index is -4.96. The number of nitrogens with one attached hydrogen (secondary N) is 1. The van der Waals surface area contributed by atoms with Gasteiger partial charge >= 0.3 is 12.1 Å². The summed E-state index contributed by atoms with van der Waals surface area (Å²) in [6.45, 7) is 1.82. The molecule has 3 N–H and O–H groups in total. The van der Waals surface area contributed by atoms with Crippen molar-refractivity contribution in [1.29, 1.82) is 0 Å². The zero-order chi connectivity index (χ0) is 16.5. The molecule has 0 fully saturated rings. The molecule has 1 heterocycles. The van der Waals surface area contributed by atoms with Crippen LogP contribution in [0.2, 0.25) is 0 Å². The average Bonchev–Trinajstić information content (AvgIpc) is 2.36. The molecule has 2 radical (unpaired) electrons. The van der Waals surface area contributed by atoms with Crippen LogP contribution < -0.4 is 16.5 Å². The molecular weight excluding hydrogens is 314 g/mol. The molecule has 1 aromatic rings. The van der Waals surface area contributed by atoms with Crippen LogP contribution in [0, 0.1) is 0 Å². The fourth-order valence-electron chi connectivity index (χ4n) is 2.13. The van der Waals surface area contributed by atoms with Gasteiger partial charge < -0.3 is 11.1 Å². The third-order valence-corrected chi connectivity index (χ3v) is 4.08. The molecule has 1 aliphatic heterocycles. The third kappa shape index (κ3) is 3.76. The van der Waals surface area contributed by atoms with Crippen molar-refractivity contribution < 1.29 is 18.0 Å². The van der Waals surface area contributed by atoms with E-state index in [-0.39, 0.29) is 11.2 Å². The van der Waals surface area contributed by atoms with E-state index in [1.54, 1.807) is 11.4 Å². The van der Waals surface area contributed by atoms with E-state index < -0.39 is 17.6 Å². The van der Waals surface area contributed by atoms with Gasteiger partial charge in [0, 0.05) is 11.4 Å². The van der Waals surface area contributed by atoms with Crippen molar-refractivity contribution in [2.24, 2.45) is 10.7 Å². The molecule has 9 heteroatoms. The number of alkyl halides is 3. The lowest BCUT2D eigenvalue weighted by Gasteiger charge is -2.30. The highest BCUT2D eigenvalue weighted by molar-refractivity contribution is 8.13. The number of anilines is 1. The summed E-state index contributed by atoms with van der Waals surface area (Å²) in [5.41, 5.74) is 5.87. The molecule has 1 aromatic carbocycles. The summed E-state index contributed by atoms with van der Waals surface area (Å²) in [6, 6.07) is 4.32. The summed E-state index contributed by atoms with van der Waals surface area (Å²) in [5.74, 6) is -1.30. The highest BCUT2D eigenvalue weighted by Gasteiger charge is 2.39. The smallest absolute Gasteiger partial charge is 0.379 e. The van der Waals surface area contributed by atoms with Crippen LogP contribution in [-0.4, -0.2) is 30.9 Å². The van der Waals surface area contributed by atoms with Crippen molar-refractivity contribution in [3.8, 4) is 0 Å². The van der Waals surface area contributed by atoms with E-state index in [0.717, 1.165) is 5.75 Å². The van der Waals surface area contributed by atoms with Gasteiger partial charge in [-0.25, -0.2) is 0 Å². The van der Waals surface area contributed by atoms with E-state index in [9.17, 15) is 18.0 Å². The first-order chi connectivity index (χ1) is 10.1. The molecular formula is C13H13BF3N3OS. The van der Waals surface area contributed by atoms with Crippen LogP contribution in [0.4, 0.5) is 18.9 Å². The zero-order valence-corrected chi connectivity index (χ0v) is 12.5. The average molecular weight is 327 g/mol. The predicted octanol–water partition coefficient (Wildman–Crippen LogP) is 1.65. The molecule has 1 unspecified atom stereocenters. The molecule has 0 spiro atoms. The molecule has 2 rings (SSSR count). The Hall–Kier alpha value is -1.64. The van der Waals surface area contributed by atoms with Gasteiger partial charge in [0.05, 0.1) is 5.54 Å². The molecule has 0 aromatic heterocycles. The second kappa shape index (κ2) is 5.87. The van der Waals surface area contributed by atoms with Crippen LogP contribution >= 0.6 is 11.8 Å². The topological polar surface area (TPSA) is 67.5 Å². The fourth-order valence-corrected chi connectivity index (χ4v) is 3.11. The van der Waals surface area contributed by atoms with Gasteiger partial charge in [-0.05, 0) is 31.0 Å². The van der Waals surface area contributed by atoms with Gasteiger partial charge in [-0.1, -0.05) is 23.3 Å². The maximum atomic E-state index is 12.3. The number of rotatable bonds is 2. The predicted molar refractivity (Wildman–Crippen MR) is 82.6 cm³/mol. The van der Waals surface area contributed by atoms with Gasteiger partial charge in [0.15, 0.2) is 5.17 Å². The number of amidine groups is 1. The summed E-state index contributed by atoms with van der Waals surface area (Å²) >= 11 is 1.42. The number of halogens is 3. The molecule has 0 aliphatic carbocycles. The highest BCUT2D eigenvalue weighted by Crippen LogP contribution is 2.35. The van der Waals surface area contributed by atoms with Gasteiger partial charge in [0.1, 0.15) is 7.85 Å². The Kier molecular flexibility index (Phi) is 4.46. The van der Waals surface area contributed by atoms with Crippen molar-refractivity contribution in [3.63, 3.8) is 0 Å². The number of hydrogen-bond donors (Lipinski definition) is 2. The maximum Gasteiger partial charge on any atom is 0.471 e. The summed E-state index contributed by atoms with van der Waals surface area (Å²) in [6.07, 6.45) is -4.30. The Bertz CT molecular complexity index is 635. The monoisotopic (exact) mass is 327 g/mol. The Labute approximate surface area is 131 Å². The van der Waals surface area contributed by atoms with E-state index in [4.69, 9.17) is 13.6 Å². The Balaban J connectivity index is 2.35. The molecule has 4 nitrogen and oxygen atoms in total. The zero-order valence-electron chi connectivity index (χ0n) is 11.7. The van der Waals surface area contributed by atoms with Crippen molar-refractivity contribution in [2.75, 3.05) is 11.1 Å². The summed E-state index contributed by atoms with van der Waals surface area (Å²) < 4.78 is 37.0. The molecule has 116 valence electrons. The number of carbonyl (C=O) groups is 1. The van der Waals surface area contributed by atoms with Crippen LogP contribution in [0.25, 0.3) is 0 Å². The number of hydrogen-bond acceptors (Lipinski definition) is 4. The van der Waals surface area contributed by atoms with Crippen LogP contribution in [-0.2, 0) is 10.3 Å². The van der Waals surface area contributed by atoms with Gasteiger partial charge in [-0.3, -0.25) is 9.79 Å². The Morgan fingerprint density at radius 3 is 2.73 bits per heavy atom. The van der Waals surface area contributed by atoms with Crippen molar-refractivity contribution in [2.45, 2.75) is 25.1 Å². The minimum Gasteiger partial charge on any atom is -0.379 e. The van der Waals surface area contributed by atoms with Crippen LogP contribution in [0.3, 0.4) is 0 Å². The lowest BCUT2D eigenvalue weighted by Crippen LogP contribution is -2.32. The standard InChI is InChI=1S/C13H13BF3N3OS/c1-12(2-3-22-11(18)20-12)7-4-8(14)6-9(5-7)19-10(21)13(15,16)17/h4-6H,2-3H2,1H3,(H2,18,20)(H,19,21). The minimum absolute atomic E-state index is 0.0226. The second-order valence-electron chi connectivity index (χ2n) is 5.12. The third-order valence-electron chi connectivity index (χ3n) is 3.29. The molecule has 0 saturated carbocycles. The molecule has 0 bridgehead atoms. The van der Waals surface area contributed by atoms with Crippen LogP contribution in [0.1, 0.15) is 18.9 Å². The SMILES string of the molecule is [B]c1cc(NC(=O)C(F)(F)F)cc(C2(C)CCSC(N)=N2)c1. The highest BCUT2D eigenvalue weighted by atomic mass is 32.2. The van der Waals surface area contributed by atoms with Crippen molar-refractivity contribution >= 4 is 41.8 Å².